The van der Waals surface area contributed by atoms with Gasteiger partial charge in [-0.25, -0.2) is 4.98 Å². The zero-order valence-electron chi connectivity index (χ0n) is 13.1. The summed E-state index contributed by atoms with van der Waals surface area (Å²) in [6, 6.07) is 7.79. The summed E-state index contributed by atoms with van der Waals surface area (Å²) >= 11 is 0. The van der Waals surface area contributed by atoms with E-state index in [1.54, 1.807) is 12.5 Å². The molecule has 1 saturated heterocycles. The monoisotopic (exact) mass is 298 g/mol. The predicted molar refractivity (Wildman–Crippen MR) is 85.8 cm³/mol. The number of likely N-dealkylation sites (tertiary alicyclic amines) is 1. The highest BCUT2D eigenvalue weighted by molar-refractivity contribution is 5.94. The summed E-state index contributed by atoms with van der Waals surface area (Å²) in [5, 5.41) is 0. The molecule has 1 atom stereocenters. The van der Waals surface area contributed by atoms with Crippen LogP contribution in [0.2, 0.25) is 0 Å². The van der Waals surface area contributed by atoms with Gasteiger partial charge in [-0.3, -0.25) is 4.79 Å². The number of nitrogens with two attached hydrogens (primary N) is 1. The second-order valence-corrected chi connectivity index (χ2v) is 6.63. The molecule has 0 saturated carbocycles. The van der Waals surface area contributed by atoms with E-state index >= 15 is 0 Å². The van der Waals surface area contributed by atoms with E-state index in [0.29, 0.717) is 12.1 Å². The molecular weight excluding hydrogens is 276 g/mol. The van der Waals surface area contributed by atoms with Gasteiger partial charge in [0.1, 0.15) is 0 Å². The van der Waals surface area contributed by atoms with Gasteiger partial charge in [-0.05, 0) is 30.0 Å². The summed E-state index contributed by atoms with van der Waals surface area (Å²) < 4.78 is 1.90. The first-order valence-electron chi connectivity index (χ1n) is 7.61. The summed E-state index contributed by atoms with van der Waals surface area (Å²) in [7, 11) is 0. The Labute approximate surface area is 130 Å². The van der Waals surface area contributed by atoms with Gasteiger partial charge in [0.05, 0.1) is 6.33 Å². The first kappa shape index (κ1) is 14.8. The lowest BCUT2D eigenvalue weighted by Crippen LogP contribution is -2.54. The molecule has 1 aliphatic rings. The molecule has 0 bridgehead atoms. The van der Waals surface area contributed by atoms with Crippen molar-refractivity contribution in [2.24, 2.45) is 11.1 Å². The lowest BCUT2D eigenvalue weighted by atomic mass is 9.79. The molecule has 2 N–H and O–H groups in total. The van der Waals surface area contributed by atoms with Crippen molar-refractivity contribution >= 4 is 5.91 Å². The lowest BCUT2D eigenvalue weighted by molar-refractivity contribution is 0.0533. The van der Waals surface area contributed by atoms with Gasteiger partial charge in [0, 0.05) is 42.8 Å². The predicted octanol–water partition coefficient (Wildman–Crippen LogP) is 2.07. The molecule has 3 rings (SSSR count). The second kappa shape index (κ2) is 5.57. The molecule has 1 aromatic heterocycles. The minimum Gasteiger partial charge on any atom is -0.338 e. The number of carbonyl (C=O) groups excluding carboxylic acids is 1. The van der Waals surface area contributed by atoms with Crippen molar-refractivity contribution in [3.8, 4) is 5.69 Å². The molecule has 1 unspecified atom stereocenters. The van der Waals surface area contributed by atoms with E-state index in [4.69, 9.17) is 5.73 Å². The Balaban J connectivity index is 1.82. The molecule has 1 aromatic carbocycles. The van der Waals surface area contributed by atoms with Crippen molar-refractivity contribution in [2.75, 3.05) is 13.1 Å². The first-order chi connectivity index (χ1) is 10.5. The van der Waals surface area contributed by atoms with Gasteiger partial charge >= 0.3 is 0 Å². The molecule has 1 aliphatic heterocycles. The third-order valence-corrected chi connectivity index (χ3v) is 4.50. The summed E-state index contributed by atoms with van der Waals surface area (Å²) in [5.74, 6) is 0.0712. The largest absolute Gasteiger partial charge is 0.338 e. The fourth-order valence-electron chi connectivity index (χ4n) is 2.94. The zero-order chi connectivity index (χ0) is 15.7. The average molecular weight is 298 g/mol. The Morgan fingerprint density at radius 1 is 1.41 bits per heavy atom. The second-order valence-electron chi connectivity index (χ2n) is 6.63. The number of carbonyl (C=O) groups is 1. The fraction of sp³-hybridized carbons (Fsp3) is 0.412. The number of piperidine rings is 1. The molecule has 0 spiro atoms. The van der Waals surface area contributed by atoms with Crippen LogP contribution >= 0.6 is 0 Å². The van der Waals surface area contributed by atoms with Crippen molar-refractivity contribution in [2.45, 2.75) is 26.3 Å². The molecule has 5 nitrogen and oxygen atoms in total. The topological polar surface area (TPSA) is 64.2 Å². The number of nitrogens with zero attached hydrogens (tertiary/aromatic N) is 3. The van der Waals surface area contributed by atoms with Crippen molar-refractivity contribution in [1.82, 2.24) is 14.5 Å². The first-order valence-corrected chi connectivity index (χ1v) is 7.61. The van der Waals surface area contributed by atoms with Gasteiger partial charge in [0.15, 0.2) is 0 Å². The Bertz CT molecular complexity index is 663. The molecule has 22 heavy (non-hydrogen) atoms. The van der Waals surface area contributed by atoms with E-state index in [2.05, 4.69) is 18.8 Å². The van der Waals surface area contributed by atoms with Crippen LogP contribution < -0.4 is 5.73 Å². The highest BCUT2D eigenvalue weighted by Crippen LogP contribution is 2.28. The molecule has 0 radical (unpaired) electrons. The fourth-order valence-corrected chi connectivity index (χ4v) is 2.94. The highest BCUT2D eigenvalue weighted by atomic mass is 16.2. The standard InChI is InChI=1S/C17H22N4O/c1-17(2)11-20(8-6-15(17)18)16(22)13-4-3-5-14(10-13)21-9-7-19-12-21/h3-5,7,9-10,12,15H,6,8,11,18H2,1-2H3. The third kappa shape index (κ3) is 2.76. The number of rotatable bonds is 2. The van der Waals surface area contributed by atoms with Crippen LogP contribution in [0.3, 0.4) is 0 Å². The number of imidazole rings is 1. The Morgan fingerprint density at radius 3 is 2.91 bits per heavy atom. The van der Waals surface area contributed by atoms with Crippen molar-refractivity contribution in [3.05, 3.63) is 48.5 Å². The number of hydrogen-bond donors (Lipinski definition) is 1. The van der Waals surface area contributed by atoms with Crippen molar-refractivity contribution < 1.29 is 4.79 Å². The van der Waals surface area contributed by atoms with Gasteiger partial charge in [-0.15, -0.1) is 0 Å². The maximum absolute atomic E-state index is 12.8. The quantitative estimate of drug-likeness (QED) is 0.923. The summed E-state index contributed by atoms with van der Waals surface area (Å²) in [6.07, 6.45) is 6.17. The smallest absolute Gasteiger partial charge is 0.253 e. The molecule has 2 heterocycles. The van der Waals surface area contributed by atoms with Gasteiger partial charge < -0.3 is 15.2 Å². The molecule has 2 aromatic rings. The normalized spacial score (nSPS) is 20.9. The minimum absolute atomic E-state index is 0.0458. The molecule has 0 aliphatic carbocycles. The summed E-state index contributed by atoms with van der Waals surface area (Å²) in [4.78, 5) is 18.7. The molecule has 1 amide bonds. The van der Waals surface area contributed by atoms with Crippen LogP contribution in [0.4, 0.5) is 0 Å². The van der Waals surface area contributed by atoms with Crippen molar-refractivity contribution in [3.63, 3.8) is 0 Å². The minimum atomic E-state index is -0.0458. The molecule has 5 heteroatoms. The number of amides is 1. The Morgan fingerprint density at radius 2 is 2.23 bits per heavy atom. The van der Waals surface area contributed by atoms with E-state index in [0.717, 1.165) is 18.7 Å². The Hall–Kier alpha value is -2.14. The summed E-state index contributed by atoms with van der Waals surface area (Å²) in [6.45, 7) is 5.67. The Kier molecular flexibility index (Phi) is 3.74. The zero-order valence-corrected chi connectivity index (χ0v) is 13.1. The molecular formula is C17H22N4O. The number of aromatic nitrogens is 2. The highest BCUT2D eigenvalue weighted by Gasteiger charge is 2.35. The van der Waals surface area contributed by atoms with E-state index in [1.165, 1.54) is 0 Å². The maximum atomic E-state index is 12.8. The SMILES string of the molecule is CC1(C)CN(C(=O)c2cccc(-n3ccnc3)c2)CCC1N. The van der Waals surface area contributed by atoms with Crippen molar-refractivity contribution in [1.29, 1.82) is 0 Å². The van der Waals surface area contributed by atoms with Crippen LogP contribution in [0.25, 0.3) is 5.69 Å². The van der Waals surface area contributed by atoms with Crippen LogP contribution in [0.15, 0.2) is 43.0 Å². The molecule has 1 fully saturated rings. The van der Waals surface area contributed by atoms with Crippen LogP contribution in [0.5, 0.6) is 0 Å². The van der Waals surface area contributed by atoms with Gasteiger partial charge in [0.2, 0.25) is 0 Å². The third-order valence-electron chi connectivity index (χ3n) is 4.50. The van der Waals surface area contributed by atoms with Gasteiger partial charge in [0.25, 0.3) is 5.91 Å². The van der Waals surface area contributed by atoms with Crippen LogP contribution in [-0.4, -0.2) is 39.5 Å². The van der Waals surface area contributed by atoms with Crippen LogP contribution in [-0.2, 0) is 0 Å². The number of benzene rings is 1. The van der Waals surface area contributed by atoms with E-state index < -0.39 is 0 Å². The van der Waals surface area contributed by atoms with Crippen LogP contribution in [0.1, 0.15) is 30.6 Å². The van der Waals surface area contributed by atoms with E-state index in [-0.39, 0.29) is 17.4 Å². The summed E-state index contributed by atoms with van der Waals surface area (Å²) in [5.41, 5.74) is 7.75. The van der Waals surface area contributed by atoms with E-state index in [1.807, 2.05) is 39.9 Å². The van der Waals surface area contributed by atoms with E-state index in [9.17, 15) is 4.79 Å². The molecule has 116 valence electrons. The van der Waals surface area contributed by atoms with Gasteiger partial charge in [-0.2, -0.15) is 0 Å². The number of hydrogen-bond acceptors (Lipinski definition) is 3. The van der Waals surface area contributed by atoms with Gasteiger partial charge in [-0.1, -0.05) is 19.9 Å². The lowest BCUT2D eigenvalue weighted by Gasteiger charge is -2.42. The average Bonchev–Trinajstić information content (AvgIpc) is 3.04. The maximum Gasteiger partial charge on any atom is 0.253 e. The van der Waals surface area contributed by atoms with Crippen LogP contribution in [0, 0.1) is 5.41 Å².